The number of aryl methyl sites for hydroxylation is 1. The normalized spacial score (nSPS) is 15.4. The lowest BCUT2D eigenvalue weighted by Crippen LogP contribution is -2.33. The van der Waals surface area contributed by atoms with Gasteiger partial charge in [-0.25, -0.2) is 9.66 Å². The van der Waals surface area contributed by atoms with Crippen molar-refractivity contribution < 1.29 is 4.79 Å². The molecule has 0 saturated carbocycles. The molecule has 162 valence electrons. The SMILES string of the molecule is Nn1c(SCC(=O)N[C@H]2CCCc3ccccc32)nc2scc(-c3ccccc3)c2c1=O. The van der Waals surface area contributed by atoms with E-state index in [1.165, 1.54) is 34.2 Å². The van der Waals surface area contributed by atoms with E-state index in [0.717, 1.165) is 35.1 Å². The average molecular weight is 463 g/mol. The maximum Gasteiger partial charge on any atom is 0.282 e. The Morgan fingerprint density at radius 1 is 1.19 bits per heavy atom. The van der Waals surface area contributed by atoms with Gasteiger partial charge in [0.2, 0.25) is 5.91 Å². The van der Waals surface area contributed by atoms with Crippen LogP contribution in [0, 0.1) is 0 Å². The quantitative estimate of drug-likeness (QED) is 0.264. The van der Waals surface area contributed by atoms with Gasteiger partial charge in [0.15, 0.2) is 5.16 Å². The van der Waals surface area contributed by atoms with Crippen LogP contribution < -0.4 is 16.7 Å². The number of hydrogen-bond acceptors (Lipinski definition) is 6. The molecule has 2 aromatic heterocycles. The molecule has 0 spiro atoms. The number of nitrogens with two attached hydrogens (primary N) is 1. The van der Waals surface area contributed by atoms with E-state index in [4.69, 9.17) is 5.84 Å². The van der Waals surface area contributed by atoms with Crippen molar-refractivity contribution >= 4 is 39.2 Å². The van der Waals surface area contributed by atoms with Crippen molar-refractivity contribution in [2.75, 3.05) is 11.6 Å². The molecule has 3 N–H and O–H groups in total. The van der Waals surface area contributed by atoms with Crippen molar-refractivity contribution in [2.45, 2.75) is 30.5 Å². The monoisotopic (exact) mass is 462 g/mol. The summed E-state index contributed by atoms with van der Waals surface area (Å²) in [6, 6.07) is 18.0. The number of carbonyl (C=O) groups is 1. The number of rotatable bonds is 5. The fourth-order valence-electron chi connectivity index (χ4n) is 4.19. The summed E-state index contributed by atoms with van der Waals surface area (Å²) in [5.74, 6) is 6.13. The number of nitrogens with one attached hydrogen (secondary N) is 1. The fourth-order valence-corrected chi connectivity index (χ4v) is 5.90. The highest BCUT2D eigenvalue weighted by Crippen LogP contribution is 2.32. The molecule has 2 heterocycles. The maximum absolute atomic E-state index is 13.0. The van der Waals surface area contributed by atoms with E-state index in [2.05, 4.69) is 22.4 Å². The summed E-state index contributed by atoms with van der Waals surface area (Å²) < 4.78 is 1.05. The fraction of sp³-hybridized carbons (Fsp3) is 0.208. The molecule has 1 atom stereocenters. The molecule has 5 rings (SSSR count). The van der Waals surface area contributed by atoms with Crippen molar-refractivity contribution in [1.29, 1.82) is 0 Å². The molecule has 1 aliphatic carbocycles. The Hall–Kier alpha value is -3.10. The van der Waals surface area contributed by atoms with Crippen molar-refractivity contribution in [1.82, 2.24) is 15.0 Å². The van der Waals surface area contributed by atoms with Gasteiger partial charge in [-0.05, 0) is 36.0 Å². The van der Waals surface area contributed by atoms with Crippen molar-refractivity contribution in [3.8, 4) is 11.1 Å². The van der Waals surface area contributed by atoms with E-state index in [1.54, 1.807) is 0 Å². The molecule has 0 fully saturated rings. The van der Waals surface area contributed by atoms with Crippen LogP contribution >= 0.6 is 23.1 Å². The number of thioether (sulfide) groups is 1. The smallest absolute Gasteiger partial charge is 0.282 e. The van der Waals surface area contributed by atoms with E-state index < -0.39 is 0 Å². The largest absolute Gasteiger partial charge is 0.349 e. The second-order valence-electron chi connectivity index (χ2n) is 7.76. The van der Waals surface area contributed by atoms with Crippen LogP contribution in [0.4, 0.5) is 0 Å². The number of benzene rings is 2. The first-order chi connectivity index (χ1) is 15.6. The Labute approximate surface area is 193 Å². The molecular formula is C24H22N4O2S2. The number of hydrogen-bond donors (Lipinski definition) is 2. The Morgan fingerprint density at radius 2 is 1.97 bits per heavy atom. The molecule has 1 aliphatic rings. The third-order valence-electron chi connectivity index (χ3n) is 5.73. The van der Waals surface area contributed by atoms with E-state index in [1.807, 2.05) is 47.8 Å². The number of nitrogens with zero attached hydrogens (tertiary/aromatic N) is 2. The van der Waals surface area contributed by atoms with Crippen LogP contribution in [-0.2, 0) is 11.2 Å². The number of amides is 1. The highest BCUT2D eigenvalue weighted by Gasteiger charge is 2.22. The summed E-state index contributed by atoms with van der Waals surface area (Å²) in [4.78, 5) is 30.9. The van der Waals surface area contributed by atoms with Crippen LogP contribution in [0.2, 0.25) is 0 Å². The first-order valence-electron chi connectivity index (χ1n) is 10.5. The van der Waals surface area contributed by atoms with E-state index in [9.17, 15) is 9.59 Å². The van der Waals surface area contributed by atoms with E-state index in [-0.39, 0.29) is 23.3 Å². The number of thiophene rings is 1. The molecule has 4 aromatic rings. The lowest BCUT2D eigenvalue weighted by atomic mass is 9.88. The van der Waals surface area contributed by atoms with Crippen LogP contribution in [0.15, 0.2) is 69.9 Å². The molecule has 0 unspecified atom stereocenters. The van der Waals surface area contributed by atoms with Crippen LogP contribution in [0.1, 0.15) is 30.0 Å². The van der Waals surface area contributed by atoms with Crippen LogP contribution in [0.25, 0.3) is 21.3 Å². The molecule has 32 heavy (non-hydrogen) atoms. The molecule has 6 nitrogen and oxygen atoms in total. The molecule has 0 radical (unpaired) electrons. The Bertz CT molecular complexity index is 1350. The van der Waals surface area contributed by atoms with Crippen molar-refractivity contribution in [3.05, 3.63) is 81.5 Å². The molecular weight excluding hydrogens is 440 g/mol. The summed E-state index contributed by atoms with van der Waals surface area (Å²) in [5.41, 5.74) is 3.96. The summed E-state index contributed by atoms with van der Waals surface area (Å²) in [7, 11) is 0. The van der Waals surface area contributed by atoms with Gasteiger partial charge < -0.3 is 11.2 Å². The minimum Gasteiger partial charge on any atom is -0.349 e. The lowest BCUT2D eigenvalue weighted by molar-refractivity contribution is -0.119. The third kappa shape index (κ3) is 3.91. The van der Waals surface area contributed by atoms with Gasteiger partial charge in [-0.1, -0.05) is 66.4 Å². The van der Waals surface area contributed by atoms with Crippen LogP contribution in [-0.4, -0.2) is 21.3 Å². The number of nitrogen functional groups attached to an aromatic ring is 1. The Morgan fingerprint density at radius 3 is 2.81 bits per heavy atom. The van der Waals surface area contributed by atoms with Crippen molar-refractivity contribution in [2.24, 2.45) is 0 Å². The molecule has 0 aliphatic heterocycles. The van der Waals surface area contributed by atoms with Crippen LogP contribution in [0.5, 0.6) is 0 Å². The minimum absolute atomic E-state index is 0.0225. The summed E-state index contributed by atoms with van der Waals surface area (Å²) in [6.45, 7) is 0. The second-order valence-corrected chi connectivity index (χ2v) is 9.57. The number of carbonyl (C=O) groups excluding carboxylic acids is 1. The third-order valence-corrected chi connectivity index (χ3v) is 7.55. The predicted molar refractivity (Wildman–Crippen MR) is 130 cm³/mol. The first kappa shape index (κ1) is 20.8. The summed E-state index contributed by atoms with van der Waals surface area (Å²) in [6.07, 6.45) is 3.03. The van der Waals surface area contributed by atoms with Gasteiger partial charge >= 0.3 is 0 Å². The van der Waals surface area contributed by atoms with Gasteiger partial charge in [-0.15, -0.1) is 11.3 Å². The van der Waals surface area contributed by atoms with Crippen molar-refractivity contribution in [3.63, 3.8) is 0 Å². The second kappa shape index (κ2) is 8.80. The van der Waals surface area contributed by atoms with Crippen LogP contribution in [0.3, 0.4) is 0 Å². The average Bonchev–Trinajstić information content (AvgIpc) is 3.25. The van der Waals surface area contributed by atoms with Gasteiger partial charge in [-0.2, -0.15) is 0 Å². The number of fused-ring (bicyclic) bond motifs is 2. The van der Waals surface area contributed by atoms with Gasteiger partial charge in [-0.3, -0.25) is 9.59 Å². The maximum atomic E-state index is 13.0. The molecule has 8 heteroatoms. The Balaban J connectivity index is 1.34. The zero-order valence-electron chi connectivity index (χ0n) is 17.3. The highest BCUT2D eigenvalue weighted by molar-refractivity contribution is 7.99. The van der Waals surface area contributed by atoms with E-state index >= 15 is 0 Å². The zero-order valence-corrected chi connectivity index (χ0v) is 18.9. The van der Waals surface area contributed by atoms with E-state index in [0.29, 0.717) is 15.4 Å². The topological polar surface area (TPSA) is 90.0 Å². The Kier molecular flexibility index (Phi) is 5.71. The molecule has 0 saturated heterocycles. The van der Waals surface area contributed by atoms with Gasteiger partial charge in [0.1, 0.15) is 4.83 Å². The summed E-state index contributed by atoms with van der Waals surface area (Å²) in [5, 5.41) is 5.90. The lowest BCUT2D eigenvalue weighted by Gasteiger charge is -2.26. The first-order valence-corrected chi connectivity index (χ1v) is 12.3. The van der Waals surface area contributed by atoms with Gasteiger partial charge in [0, 0.05) is 10.9 Å². The van der Waals surface area contributed by atoms with Gasteiger partial charge in [0.25, 0.3) is 5.56 Å². The minimum atomic E-state index is -0.306. The zero-order chi connectivity index (χ0) is 22.1. The summed E-state index contributed by atoms with van der Waals surface area (Å²) >= 11 is 2.59. The molecule has 2 aromatic carbocycles. The standard InChI is InChI=1S/C24H22N4O2S2/c25-28-23(30)21-18(16-7-2-1-3-8-16)13-31-22(21)27-24(28)32-14-20(29)26-19-12-6-10-15-9-4-5-11-17(15)19/h1-5,7-9,11,13,19H,6,10,12,14,25H2,(H,26,29)/t19-/m0/s1. The molecule has 1 amide bonds. The number of aromatic nitrogens is 2. The highest BCUT2D eigenvalue weighted by atomic mass is 32.2. The van der Waals surface area contributed by atoms with Gasteiger partial charge in [0.05, 0.1) is 17.2 Å². The molecule has 0 bridgehead atoms. The predicted octanol–water partition coefficient (Wildman–Crippen LogP) is 4.12.